The summed E-state index contributed by atoms with van der Waals surface area (Å²) >= 11 is 4.88. The van der Waals surface area contributed by atoms with Crippen LogP contribution in [0.4, 0.5) is 0 Å². The highest BCUT2D eigenvalue weighted by Crippen LogP contribution is 2.23. The van der Waals surface area contributed by atoms with E-state index in [0.29, 0.717) is 15.9 Å². The highest BCUT2D eigenvalue weighted by atomic mass is 32.1. The van der Waals surface area contributed by atoms with Crippen LogP contribution in [0.5, 0.6) is 5.75 Å². The van der Waals surface area contributed by atoms with Gasteiger partial charge in [0, 0.05) is 11.5 Å². The van der Waals surface area contributed by atoms with Crippen molar-refractivity contribution in [2.75, 3.05) is 0 Å². The van der Waals surface area contributed by atoms with E-state index in [9.17, 15) is 5.11 Å². The van der Waals surface area contributed by atoms with E-state index in [4.69, 9.17) is 21.7 Å². The molecule has 1 aromatic carbocycles. The Bertz CT molecular complexity index is 530. The van der Waals surface area contributed by atoms with E-state index in [2.05, 4.69) is 0 Å². The molecule has 0 unspecified atom stereocenters. The van der Waals surface area contributed by atoms with Gasteiger partial charge >= 0.3 is 0 Å². The van der Waals surface area contributed by atoms with Gasteiger partial charge < -0.3 is 14.6 Å². The summed E-state index contributed by atoms with van der Waals surface area (Å²) in [5.74, 6) is 0.116. The van der Waals surface area contributed by atoms with Crippen molar-refractivity contribution in [3.05, 3.63) is 34.5 Å². The maximum Gasteiger partial charge on any atom is 0.191 e. The summed E-state index contributed by atoms with van der Waals surface area (Å²) in [5.41, 5.74) is 1.19. The molecule has 0 aliphatic carbocycles. The molecule has 1 heterocycles. The quantitative estimate of drug-likeness (QED) is 0.706. The molecule has 2 N–H and O–H groups in total. The fourth-order valence-electron chi connectivity index (χ4n) is 1.35. The number of phenols is 1. The fourth-order valence-corrected chi connectivity index (χ4v) is 1.58. The zero-order chi connectivity index (χ0) is 10.1. The minimum absolute atomic E-state index is 0.0960. The minimum Gasteiger partial charge on any atom is -0.508 e. The lowest BCUT2D eigenvalue weighted by Crippen LogP contribution is -1.85. The third-order valence-corrected chi connectivity index (χ3v) is 2.19. The number of hydrogen-bond acceptors (Lipinski definition) is 4. The third-order valence-electron chi connectivity index (χ3n) is 1.98. The molecule has 0 atom stereocenters. The van der Waals surface area contributed by atoms with Gasteiger partial charge in [-0.05, 0) is 36.0 Å². The summed E-state index contributed by atoms with van der Waals surface area (Å²) in [7, 11) is 0. The third kappa shape index (κ3) is 1.49. The van der Waals surface area contributed by atoms with Crippen molar-refractivity contribution in [2.24, 2.45) is 0 Å². The second-order valence-corrected chi connectivity index (χ2v) is 3.33. The molecule has 0 saturated heterocycles. The van der Waals surface area contributed by atoms with Gasteiger partial charge in [-0.1, -0.05) is 0 Å². The predicted octanol–water partition coefficient (Wildman–Crippen LogP) is 2.36. The molecule has 2 aromatic rings. The van der Waals surface area contributed by atoms with Crippen molar-refractivity contribution in [1.82, 2.24) is 0 Å². The van der Waals surface area contributed by atoms with E-state index in [1.165, 1.54) is 6.07 Å². The van der Waals surface area contributed by atoms with Crippen molar-refractivity contribution < 1.29 is 14.6 Å². The number of aromatic hydroxyl groups is 1. The first-order chi connectivity index (χ1) is 6.70. The van der Waals surface area contributed by atoms with Gasteiger partial charge in [-0.25, -0.2) is 0 Å². The van der Waals surface area contributed by atoms with Crippen LogP contribution in [-0.2, 0) is 6.61 Å². The van der Waals surface area contributed by atoms with Gasteiger partial charge in [-0.3, -0.25) is 0 Å². The molecular weight excluding hydrogens is 200 g/mol. The van der Waals surface area contributed by atoms with Crippen LogP contribution in [0.15, 0.2) is 28.7 Å². The standard InChI is InChI=1S/C10H8O3S/c11-5-6-3-10(14)13-9-4-7(12)1-2-8(6)9/h1-4,11-12H,5H2. The molecule has 0 radical (unpaired) electrons. The van der Waals surface area contributed by atoms with Crippen molar-refractivity contribution >= 4 is 23.2 Å². The molecule has 0 spiro atoms. The summed E-state index contributed by atoms with van der Waals surface area (Å²) in [4.78, 5) is 0. The Morgan fingerprint density at radius 2 is 2.07 bits per heavy atom. The van der Waals surface area contributed by atoms with E-state index in [0.717, 1.165) is 5.39 Å². The van der Waals surface area contributed by atoms with Crippen LogP contribution >= 0.6 is 12.2 Å². The van der Waals surface area contributed by atoms with Gasteiger partial charge in [0.25, 0.3) is 0 Å². The smallest absolute Gasteiger partial charge is 0.191 e. The average Bonchev–Trinajstić information content (AvgIpc) is 2.15. The van der Waals surface area contributed by atoms with E-state index >= 15 is 0 Å². The van der Waals surface area contributed by atoms with Gasteiger partial charge in [0.1, 0.15) is 11.3 Å². The Morgan fingerprint density at radius 1 is 1.29 bits per heavy atom. The number of hydrogen-bond donors (Lipinski definition) is 2. The van der Waals surface area contributed by atoms with Crippen LogP contribution < -0.4 is 0 Å². The lowest BCUT2D eigenvalue weighted by molar-refractivity contribution is 0.282. The molecule has 0 saturated carbocycles. The summed E-state index contributed by atoms with van der Waals surface area (Å²) in [5, 5.41) is 19.1. The molecule has 4 heteroatoms. The van der Waals surface area contributed by atoms with Crippen LogP contribution in [0.3, 0.4) is 0 Å². The number of rotatable bonds is 1. The Labute approximate surface area is 85.2 Å². The first kappa shape index (κ1) is 9.18. The predicted molar refractivity (Wildman–Crippen MR) is 54.6 cm³/mol. The minimum atomic E-state index is -0.0960. The number of aliphatic hydroxyl groups is 1. The first-order valence-electron chi connectivity index (χ1n) is 4.07. The zero-order valence-corrected chi connectivity index (χ0v) is 8.04. The molecule has 0 aliphatic rings. The Kier molecular flexibility index (Phi) is 2.23. The fraction of sp³-hybridized carbons (Fsp3) is 0.100. The van der Waals surface area contributed by atoms with Crippen LogP contribution in [-0.4, -0.2) is 10.2 Å². The van der Waals surface area contributed by atoms with Crippen LogP contribution in [0, 0.1) is 4.71 Å². The molecule has 1 aromatic heterocycles. The molecule has 14 heavy (non-hydrogen) atoms. The summed E-state index contributed by atoms with van der Waals surface area (Å²) < 4.78 is 5.53. The second kappa shape index (κ2) is 3.40. The van der Waals surface area contributed by atoms with Crippen molar-refractivity contribution in [1.29, 1.82) is 0 Å². The maximum atomic E-state index is 9.23. The lowest BCUT2D eigenvalue weighted by atomic mass is 10.1. The van der Waals surface area contributed by atoms with E-state index in [-0.39, 0.29) is 12.4 Å². The van der Waals surface area contributed by atoms with Crippen molar-refractivity contribution in [3.8, 4) is 5.75 Å². The SMILES string of the molecule is OCc1cc(=S)oc2cc(O)ccc12. The largest absolute Gasteiger partial charge is 0.508 e. The van der Waals surface area contributed by atoms with Crippen molar-refractivity contribution in [3.63, 3.8) is 0 Å². The number of aliphatic hydroxyl groups excluding tert-OH is 1. The number of phenolic OH excluding ortho intramolecular Hbond substituents is 1. The maximum absolute atomic E-state index is 9.23. The van der Waals surface area contributed by atoms with E-state index in [1.807, 2.05) is 0 Å². The molecule has 0 amide bonds. The number of fused-ring (bicyclic) bond motifs is 1. The summed E-state index contributed by atoms with van der Waals surface area (Å²) in [6, 6.07) is 6.31. The normalized spacial score (nSPS) is 10.6. The molecular formula is C10H8O3S. The Balaban J connectivity index is 2.87. The van der Waals surface area contributed by atoms with Crippen LogP contribution in [0.25, 0.3) is 11.0 Å². The summed E-state index contributed by atoms with van der Waals surface area (Å²) in [6.45, 7) is -0.0960. The number of benzene rings is 1. The Hall–Kier alpha value is -1.39. The van der Waals surface area contributed by atoms with E-state index < -0.39 is 0 Å². The van der Waals surface area contributed by atoms with Crippen molar-refractivity contribution in [2.45, 2.75) is 6.61 Å². The monoisotopic (exact) mass is 208 g/mol. The Morgan fingerprint density at radius 3 is 2.79 bits per heavy atom. The first-order valence-corrected chi connectivity index (χ1v) is 4.48. The average molecular weight is 208 g/mol. The van der Waals surface area contributed by atoms with Gasteiger partial charge in [0.15, 0.2) is 4.71 Å². The molecule has 2 rings (SSSR count). The molecule has 0 bridgehead atoms. The second-order valence-electron chi connectivity index (χ2n) is 2.93. The molecule has 0 fully saturated rings. The van der Waals surface area contributed by atoms with E-state index in [1.54, 1.807) is 18.2 Å². The zero-order valence-electron chi connectivity index (χ0n) is 7.23. The summed E-state index contributed by atoms with van der Waals surface area (Å²) in [6.07, 6.45) is 0. The highest BCUT2D eigenvalue weighted by Gasteiger charge is 2.03. The molecule has 72 valence electrons. The van der Waals surface area contributed by atoms with Gasteiger partial charge in [-0.2, -0.15) is 0 Å². The molecule has 3 nitrogen and oxygen atoms in total. The van der Waals surface area contributed by atoms with Crippen LogP contribution in [0.2, 0.25) is 0 Å². The van der Waals surface area contributed by atoms with Gasteiger partial charge in [-0.15, -0.1) is 0 Å². The topological polar surface area (TPSA) is 53.6 Å². The van der Waals surface area contributed by atoms with Gasteiger partial charge in [0.2, 0.25) is 0 Å². The molecule has 0 aliphatic heterocycles. The van der Waals surface area contributed by atoms with Crippen LogP contribution in [0.1, 0.15) is 5.56 Å². The lowest BCUT2D eigenvalue weighted by Gasteiger charge is -2.02. The highest BCUT2D eigenvalue weighted by molar-refractivity contribution is 7.71. The van der Waals surface area contributed by atoms with Gasteiger partial charge in [0.05, 0.1) is 6.61 Å².